The molecule has 46 heavy (non-hydrogen) atoms. The van der Waals surface area contributed by atoms with Crippen molar-refractivity contribution in [2.75, 3.05) is 6.61 Å². The predicted octanol–water partition coefficient (Wildman–Crippen LogP) is 13.4. The molecule has 0 saturated heterocycles. The monoisotopic (exact) mass is 632 g/mol. The van der Waals surface area contributed by atoms with Gasteiger partial charge in [0.1, 0.15) is 5.82 Å². The second-order valence-corrected chi connectivity index (χ2v) is 14.2. The lowest BCUT2D eigenvalue weighted by molar-refractivity contribution is 0.155. The summed E-state index contributed by atoms with van der Waals surface area (Å²) in [4.78, 5) is 0. The Kier molecular flexibility index (Phi) is 13.1. The molecule has 250 valence electrons. The van der Waals surface area contributed by atoms with E-state index in [0.29, 0.717) is 23.7 Å². The van der Waals surface area contributed by atoms with Crippen LogP contribution in [0.5, 0.6) is 5.75 Å². The van der Waals surface area contributed by atoms with Gasteiger partial charge in [-0.15, -0.1) is 0 Å². The molecular weight excluding hydrogens is 577 g/mol. The zero-order valence-corrected chi connectivity index (χ0v) is 28.3. The molecule has 2 saturated carbocycles. The highest BCUT2D eigenvalue weighted by molar-refractivity contribution is 5.71. The molecule has 0 amide bonds. The number of halogens is 3. The molecule has 4 heteroatoms. The summed E-state index contributed by atoms with van der Waals surface area (Å²) in [5.74, 6) is 0.976. The molecule has 0 unspecified atom stereocenters. The minimum Gasteiger partial charge on any atom is -0.490 e. The van der Waals surface area contributed by atoms with Crippen LogP contribution in [-0.4, -0.2) is 6.61 Å². The van der Waals surface area contributed by atoms with Gasteiger partial charge in [0.15, 0.2) is 11.6 Å². The third-order valence-electron chi connectivity index (χ3n) is 11.1. The van der Waals surface area contributed by atoms with Crippen LogP contribution in [-0.2, 0) is 0 Å². The lowest BCUT2D eigenvalue weighted by Gasteiger charge is -2.38. The zero-order chi connectivity index (χ0) is 32.3. The van der Waals surface area contributed by atoms with E-state index < -0.39 is 11.6 Å². The molecule has 2 fully saturated rings. The Morgan fingerprint density at radius 2 is 1.17 bits per heavy atom. The number of hydrogen-bond donors (Lipinski definition) is 0. The Hall–Kier alpha value is -2.75. The summed E-state index contributed by atoms with van der Waals surface area (Å²) in [6.07, 6.45) is 21.3. The van der Waals surface area contributed by atoms with Crippen molar-refractivity contribution in [2.24, 2.45) is 17.8 Å². The molecular formula is C42H55F3O. The Bertz CT molecular complexity index is 1350. The van der Waals surface area contributed by atoms with E-state index in [1.54, 1.807) is 36.4 Å². The largest absolute Gasteiger partial charge is 0.490 e. The molecule has 3 aromatic carbocycles. The van der Waals surface area contributed by atoms with E-state index in [1.807, 2.05) is 6.07 Å². The average Bonchev–Trinajstić information content (AvgIpc) is 3.09. The van der Waals surface area contributed by atoms with Crippen LogP contribution in [0.1, 0.15) is 134 Å². The summed E-state index contributed by atoms with van der Waals surface area (Å²) >= 11 is 0. The van der Waals surface area contributed by atoms with Crippen LogP contribution < -0.4 is 4.74 Å². The molecule has 2 aliphatic carbocycles. The van der Waals surface area contributed by atoms with Crippen molar-refractivity contribution in [1.82, 2.24) is 0 Å². The van der Waals surface area contributed by atoms with E-state index in [1.165, 1.54) is 76.7 Å². The summed E-state index contributed by atoms with van der Waals surface area (Å²) in [5.41, 5.74) is 3.09. The van der Waals surface area contributed by atoms with Crippen molar-refractivity contribution in [3.63, 3.8) is 0 Å². The molecule has 3 aromatic rings. The first-order valence-corrected chi connectivity index (χ1v) is 18.5. The summed E-state index contributed by atoms with van der Waals surface area (Å²) < 4.78 is 50.8. The van der Waals surface area contributed by atoms with Gasteiger partial charge in [-0.3, -0.25) is 0 Å². The van der Waals surface area contributed by atoms with Gasteiger partial charge in [0.2, 0.25) is 5.82 Å². The van der Waals surface area contributed by atoms with Crippen molar-refractivity contribution in [3.8, 4) is 28.0 Å². The number of rotatable bonds is 15. The molecule has 5 rings (SSSR count). The van der Waals surface area contributed by atoms with Crippen LogP contribution in [0.2, 0.25) is 0 Å². The molecule has 0 aliphatic heterocycles. The zero-order valence-electron chi connectivity index (χ0n) is 28.3. The first-order valence-electron chi connectivity index (χ1n) is 18.5. The van der Waals surface area contributed by atoms with Crippen LogP contribution in [0.4, 0.5) is 13.2 Å². The summed E-state index contributed by atoms with van der Waals surface area (Å²) in [7, 11) is 0. The second kappa shape index (κ2) is 17.4. The fraction of sp³-hybridized carbons (Fsp3) is 0.571. The highest BCUT2D eigenvalue weighted by atomic mass is 19.2. The van der Waals surface area contributed by atoms with E-state index in [4.69, 9.17) is 4.74 Å². The third kappa shape index (κ3) is 8.98. The van der Waals surface area contributed by atoms with Crippen LogP contribution in [0, 0.1) is 35.2 Å². The molecule has 0 N–H and O–H groups in total. The molecule has 0 aromatic heterocycles. The van der Waals surface area contributed by atoms with E-state index >= 15 is 8.78 Å². The van der Waals surface area contributed by atoms with Gasteiger partial charge >= 0.3 is 0 Å². The van der Waals surface area contributed by atoms with Gasteiger partial charge in [0.05, 0.1) is 6.61 Å². The van der Waals surface area contributed by atoms with Crippen molar-refractivity contribution in [2.45, 2.75) is 129 Å². The first-order chi connectivity index (χ1) is 22.5. The molecule has 0 heterocycles. The van der Waals surface area contributed by atoms with E-state index in [2.05, 4.69) is 19.9 Å². The summed E-state index contributed by atoms with van der Waals surface area (Å²) in [6, 6.07) is 15.8. The molecule has 0 bridgehead atoms. The fourth-order valence-corrected chi connectivity index (χ4v) is 8.16. The molecule has 1 nitrogen and oxygen atoms in total. The number of benzene rings is 3. The van der Waals surface area contributed by atoms with Gasteiger partial charge < -0.3 is 4.74 Å². The lowest BCUT2D eigenvalue weighted by atomic mass is 9.68. The van der Waals surface area contributed by atoms with E-state index in [9.17, 15) is 4.39 Å². The van der Waals surface area contributed by atoms with Gasteiger partial charge in [-0.25, -0.2) is 8.78 Å². The SMILES string of the molecule is CCCCCCCOc1ccc(-c2ccc(-c3ccc(C4CCC(C5CCC(CCCCC)CC5)CC4)cc3F)cc2)c(F)c1F. The minimum atomic E-state index is -0.962. The fourth-order valence-electron chi connectivity index (χ4n) is 8.16. The molecule has 0 atom stereocenters. The topological polar surface area (TPSA) is 9.23 Å². The van der Waals surface area contributed by atoms with Crippen molar-refractivity contribution in [3.05, 3.63) is 77.6 Å². The second-order valence-electron chi connectivity index (χ2n) is 14.2. The first kappa shape index (κ1) is 34.6. The Morgan fingerprint density at radius 1 is 0.587 bits per heavy atom. The third-order valence-corrected chi connectivity index (χ3v) is 11.1. The number of unbranched alkanes of at least 4 members (excludes halogenated alkanes) is 6. The quantitative estimate of drug-likeness (QED) is 0.152. The van der Waals surface area contributed by atoms with Gasteiger partial charge in [-0.05, 0) is 104 Å². The van der Waals surface area contributed by atoms with Gasteiger partial charge in [-0.1, -0.05) is 114 Å². The van der Waals surface area contributed by atoms with Gasteiger partial charge in [0.25, 0.3) is 0 Å². The highest BCUT2D eigenvalue weighted by Crippen LogP contribution is 2.45. The Balaban J connectivity index is 1.13. The Morgan fingerprint density at radius 3 is 1.83 bits per heavy atom. The highest BCUT2D eigenvalue weighted by Gasteiger charge is 2.31. The van der Waals surface area contributed by atoms with Crippen molar-refractivity contribution >= 4 is 0 Å². The molecule has 0 spiro atoms. The van der Waals surface area contributed by atoms with Crippen LogP contribution in [0.25, 0.3) is 22.3 Å². The van der Waals surface area contributed by atoms with Crippen molar-refractivity contribution in [1.29, 1.82) is 0 Å². The average molecular weight is 633 g/mol. The Labute approximate surface area is 276 Å². The summed E-state index contributed by atoms with van der Waals surface area (Å²) in [6.45, 7) is 4.82. The van der Waals surface area contributed by atoms with Crippen molar-refractivity contribution < 1.29 is 17.9 Å². The maximum Gasteiger partial charge on any atom is 0.201 e. The van der Waals surface area contributed by atoms with Crippen LogP contribution >= 0.6 is 0 Å². The number of ether oxygens (including phenoxy) is 1. The van der Waals surface area contributed by atoms with E-state index in [-0.39, 0.29) is 17.1 Å². The lowest BCUT2D eigenvalue weighted by Crippen LogP contribution is -2.25. The van der Waals surface area contributed by atoms with Crippen LogP contribution in [0.15, 0.2) is 54.6 Å². The minimum absolute atomic E-state index is 0.0516. The van der Waals surface area contributed by atoms with Crippen LogP contribution in [0.3, 0.4) is 0 Å². The molecule has 2 aliphatic rings. The maximum atomic E-state index is 15.5. The molecule has 0 radical (unpaired) electrons. The maximum absolute atomic E-state index is 15.5. The standard InChI is InChI=1S/C42H55F3O/c1-3-5-7-8-10-28-46-40-27-26-38(41(44)42(40)45)35-22-20-34(21-23-35)37-25-24-36(29-39(37)43)33-18-16-32(17-19-33)31-14-12-30(13-15-31)11-9-6-4-2/h20-27,29-33H,3-19,28H2,1-2H3. The van der Waals surface area contributed by atoms with Gasteiger partial charge in [-0.2, -0.15) is 4.39 Å². The number of hydrogen-bond acceptors (Lipinski definition) is 1. The summed E-state index contributed by atoms with van der Waals surface area (Å²) in [5, 5.41) is 0. The van der Waals surface area contributed by atoms with Gasteiger partial charge in [0, 0.05) is 11.1 Å². The van der Waals surface area contributed by atoms with E-state index in [0.717, 1.165) is 67.4 Å². The smallest absolute Gasteiger partial charge is 0.201 e. The predicted molar refractivity (Wildman–Crippen MR) is 186 cm³/mol. The normalized spacial score (nSPS) is 21.8.